The zero-order chi connectivity index (χ0) is 15.9. The van der Waals surface area contributed by atoms with Crippen LogP contribution in [0.4, 0.5) is 0 Å². The normalized spacial score (nSPS) is 12.0. The van der Waals surface area contributed by atoms with Crippen LogP contribution in [0.1, 0.15) is 36.0 Å². The molecule has 7 heteroatoms. The number of carbonyl (C=O) groups excluding carboxylic acids is 1. The number of carboxylic acids is 1. The van der Waals surface area contributed by atoms with E-state index in [0.717, 1.165) is 18.6 Å². The van der Waals surface area contributed by atoms with Gasteiger partial charge in [0.15, 0.2) is 0 Å². The molecule has 2 heterocycles. The van der Waals surface area contributed by atoms with Crippen LogP contribution in [0, 0.1) is 0 Å². The van der Waals surface area contributed by atoms with Gasteiger partial charge < -0.3 is 14.8 Å². The Morgan fingerprint density at radius 1 is 1.45 bits per heavy atom. The number of nitrogens with one attached hydrogen (secondary N) is 1. The summed E-state index contributed by atoms with van der Waals surface area (Å²) in [6, 6.07) is 5.17. The molecule has 1 amide bonds. The molecule has 118 valence electrons. The largest absolute Gasteiger partial charge is 0.477 e. The number of nitrogens with zero attached hydrogens (tertiary/aromatic N) is 2. The second-order valence-electron chi connectivity index (χ2n) is 5.08. The van der Waals surface area contributed by atoms with Crippen molar-refractivity contribution < 1.29 is 19.1 Å². The van der Waals surface area contributed by atoms with Crippen LogP contribution in [0.15, 0.2) is 35.1 Å². The number of furan rings is 1. The lowest BCUT2D eigenvalue weighted by molar-refractivity contribution is -0.122. The zero-order valence-corrected chi connectivity index (χ0v) is 12.4. The van der Waals surface area contributed by atoms with Crippen molar-refractivity contribution in [2.75, 3.05) is 0 Å². The molecular weight excluding hydrogens is 286 g/mol. The summed E-state index contributed by atoms with van der Waals surface area (Å²) in [6.07, 6.45) is 4.77. The fraction of sp³-hybridized carbons (Fsp3) is 0.400. The summed E-state index contributed by atoms with van der Waals surface area (Å²) < 4.78 is 6.56. The Morgan fingerprint density at radius 3 is 2.95 bits per heavy atom. The Kier molecular flexibility index (Phi) is 5.35. The molecule has 0 radical (unpaired) electrons. The third-order valence-electron chi connectivity index (χ3n) is 3.30. The van der Waals surface area contributed by atoms with Gasteiger partial charge in [-0.2, -0.15) is 5.10 Å². The Bertz CT molecular complexity index is 619. The SMILES string of the molecule is CC(CCc1ccco1)NC(=O)CCn1nccc1C(=O)O. The van der Waals surface area contributed by atoms with Gasteiger partial charge in [-0.05, 0) is 31.5 Å². The van der Waals surface area contributed by atoms with E-state index in [1.807, 2.05) is 19.1 Å². The van der Waals surface area contributed by atoms with Crippen molar-refractivity contribution in [3.05, 3.63) is 42.1 Å². The second kappa shape index (κ2) is 7.44. The molecule has 2 aromatic rings. The number of hydrogen-bond acceptors (Lipinski definition) is 4. The van der Waals surface area contributed by atoms with E-state index in [-0.39, 0.29) is 30.6 Å². The molecule has 0 aromatic carbocycles. The van der Waals surface area contributed by atoms with E-state index >= 15 is 0 Å². The van der Waals surface area contributed by atoms with E-state index < -0.39 is 5.97 Å². The van der Waals surface area contributed by atoms with Gasteiger partial charge in [0, 0.05) is 25.1 Å². The Hall–Kier alpha value is -2.57. The molecule has 2 N–H and O–H groups in total. The number of aromatic nitrogens is 2. The zero-order valence-electron chi connectivity index (χ0n) is 12.4. The molecule has 1 atom stereocenters. The van der Waals surface area contributed by atoms with E-state index in [4.69, 9.17) is 9.52 Å². The monoisotopic (exact) mass is 305 g/mol. The molecule has 0 bridgehead atoms. The minimum atomic E-state index is -1.05. The van der Waals surface area contributed by atoms with Crippen molar-refractivity contribution in [2.24, 2.45) is 0 Å². The summed E-state index contributed by atoms with van der Waals surface area (Å²) in [6.45, 7) is 2.17. The van der Waals surface area contributed by atoms with Gasteiger partial charge in [0.25, 0.3) is 0 Å². The standard InChI is InChI=1S/C15H19N3O4/c1-11(4-5-12-3-2-10-22-12)17-14(19)7-9-18-13(15(20)21)6-8-16-18/h2-3,6,8,10-11H,4-5,7,9H2,1H3,(H,17,19)(H,20,21). The minimum absolute atomic E-state index is 0.0224. The quantitative estimate of drug-likeness (QED) is 0.773. The first-order valence-corrected chi connectivity index (χ1v) is 7.13. The van der Waals surface area contributed by atoms with Crippen LogP contribution < -0.4 is 5.32 Å². The van der Waals surface area contributed by atoms with Gasteiger partial charge in [0.1, 0.15) is 11.5 Å². The highest BCUT2D eigenvalue weighted by molar-refractivity contribution is 5.85. The average Bonchev–Trinajstić information content (AvgIpc) is 3.14. The maximum absolute atomic E-state index is 11.9. The fourth-order valence-corrected chi connectivity index (χ4v) is 2.13. The maximum atomic E-state index is 11.9. The van der Waals surface area contributed by atoms with E-state index in [9.17, 15) is 9.59 Å². The lowest BCUT2D eigenvalue weighted by Crippen LogP contribution is -2.33. The van der Waals surface area contributed by atoms with Gasteiger partial charge in [-0.25, -0.2) is 4.79 Å². The van der Waals surface area contributed by atoms with Crippen LogP contribution in [0.5, 0.6) is 0 Å². The highest BCUT2D eigenvalue weighted by atomic mass is 16.4. The molecule has 0 aliphatic rings. The number of aromatic carboxylic acids is 1. The summed E-state index contributed by atoms with van der Waals surface area (Å²) in [5.41, 5.74) is 0.0821. The van der Waals surface area contributed by atoms with Gasteiger partial charge in [-0.3, -0.25) is 9.48 Å². The first kappa shape index (κ1) is 15.8. The molecule has 0 spiro atoms. The summed E-state index contributed by atoms with van der Waals surface area (Å²) in [7, 11) is 0. The minimum Gasteiger partial charge on any atom is -0.477 e. The van der Waals surface area contributed by atoms with Crippen LogP contribution in [0.3, 0.4) is 0 Å². The van der Waals surface area contributed by atoms with E-state index in [2.05, 4.69) is 10.4 Å². The smallest absolute Gasteiger partial charge is 0.354 e. The molecule has 1 unspecified atom stereocenters. The number of amides is 1. The second-order valence-corrected chi connectivity index (χ2v) is 5.08. The van der Waals surface area contributed by atoms with Gasteiger partial charge in [0.2, 0.25) is 5.91 Å². The predicted molar refractivity (Wildman–Crippen MR) is 78.4 cm³/mol. The first-order chi connectivity index (χ1) is 10.6. The summed E-state index contributed by atoms with van der Waals surface area (Å²) >= 11 is 0. The Balaban J connectivity index is 1.73. The van der Waals surface area contributed by atoms with E-state index in [1.165, 1.54) is 16.9 Å². The van der Waals surface area contributed by atoms with Crippen molar-refractivity contribution in [1.29, 1.82) is 0 Å². The molecule has 0 fully saturated rings. The first-order valence-electron chi connectivity index (χ1n) is 7.13. The van der Waals surface area contributed by atoms with Crippen LogP contribution in [0.25, 0.3) is 0 Å². The summed E-state index contributed by atoms with van der Waals surface area (Å²) in [5, 5.41) is 15.7. The number of carbonyl (C=O) groups is 2. The topological polar surface area (TPSA) is 97.4 Å². The lowest BCUT2D eigenvalue weighted by atomic mass is 10.1. The maximum Gasteiger partial charge on any atom is 0.354 e. The molecule has 2 rings (SSSR count). The molecular formula is C15H19N3O4. The van der Waals surface area contributed by atoms with E-state index in [0.29, 0.717) is 0 Å². The van der Waals surface area contributed by atoms with Crippen molar-refractivity contribution in [3.63, 3.8) is 0 Å². The van der Waals surface area contributed by atoms with E-state index in [1.54, 1.807) is 6.26 Å². The number of hydrogen-bond donors (Lipinski definition) is 2. The lowest BCUT2D eigenvalue weighted by Gasteiger charge is -2.13. The van der Waals surface area contributed by atoms with Gasteiger partial charge in [0.05, 0.1) is 12.8 Å². The molecule has 22 heavy (non-hydrogen) atoms. The number of rotatable bonds is 8. The third-order valence-corrected chi connectivity index (χ3v) is 3.30. The highest BCUT2D eigenvalue weighted by Gasteiger charge is 2.12. The molecule has 0 aliphatic carbocycles. The van der Waals surface area contributed by atoms with Crippen LogP contribution in [-0.2, 0) is 17.8 Å². The van der Waals surface area contributed by atoms with Crippen LogP contribution in [0.2, 0.25) is 0 Å². The summed E-state index contributed by atoms with van der Waals surface area (Å²) in [4.78, 5) is 22.8. The molecule has 7 nitrogen and oxygen atoms in total. The van der Waals surface area contributed by atoms with Gasteiger partial charge in [-0.1, -0.05) is 0 Å². The molecule has 0 saturated heterocycles. The van der Waals surface area contributed by atoms with Crippen molar-refractivity contribution >= 4 is 11.9 Å². The summed E-state index contributed by atoms with van der Waals surface area (Å²) in [5.74, 6) is -0.285. The number of carboxylic acid groups (broad SMARTS) is 1. The predicted octanol–water partition coefficient (Wildman–Crippen LogP) is 1.70. The Morgan fingerprint density at radius 2 is 2.27 bits per heavy atom. The molecule has 2 aromatic heterocycles. The van der Waals surface area contributed by atoms with Gasteiger partial charge in [-0.15, -0.1) is 0 Å². The third kappa shape index (κ3) is 4.47. The van der Waals surface area contributed by atoms with Gasteiger partial charge >= 0.3 is 5.97 Å². The molecule has 0 aliphatic heterocycles. The van der Waals surface area contributed by atoms with Crippen LogP contribution >= 0.6 is 0 Å². The fourth-order valence-electron chi connectivity index (χ4n) is 2.13. The van der Waals surface area contributed by atoms with Crippen LogP contribution in [-0.4, -0.2) is 32.8 Å². The Labute approximate surface area is 127 Å². The van der Waals surface area contributed by atoms with Crippen molar-refractivity contribution in [2.45, 2.75) is 38.8 Å². The highest BCUT2D eigenvalue weighted by Crippen LogP contribution is 2.06. The van der Waals surface area contributed by atoms with Crippen molar-refractivity contribution in [1.82, 2.24) is 15.1 Å². The number of aryl methyl sites for hydroxylation is 2. The molecule has 0 saturated carbocycles. The average molecular weight is 305 g/mol. The van der Waals surface area contributed by atoms with Crippen molar-refractivity contribution in [3.8, 4) is 0 Å².